The van der Waals surface area contributed by atoms with Gasteiger partial charge in [-0.2, -0.15) is 74.6 Å². The molecule has 0 amide bonds. The van der Waals surface area contributed by atoms with E-state index in [-0.39, 0.29) is 19.8 Å². The normalized spacial score (nSPS) is 17.6. The average Bonchev–Trinajstić information content (AvgIpc) is 2.69. The summed E-state index contributed by atoms with van der Waals surface area (Å²) in [5.74, 6) is -26.6. The van der Waals surface area contributed by atoms with Gasteiger partial charge in [-0.15, -0.1) is 0 Å². The maximum Gasteiger partial charge on any atom is 0.462 e. The van der Waals surface area contributed by atoms with Crippen LogP contribution in [0.15, 0.2) is 0 Å². The standard InChI is InChI=1S/C15H13F17O6/c1-2-34-3-4-35-5-6-36-7(33)8(16,11(20,21)22)37-15(31,32)10(19,13(26,27)28)38-14(29,30)9(17,18)12(23,24)25/h2-6H2,1H3. The van der Waals surface area contributed by atoms with Crippen LogP contribution in [0.4, 0.5) is 74.6 Å². The first kappa shape index (κ1) is 36.1. The highest BCUT2D eigenvalue weighted by Crippen LogP contribution is 2.56. The Hall–Kier alpha value is -1.88. The Morgan fingerprint density at radius 2 is 1.00 bits per heavy atom. The zero-order valence-corrected chi connectivity index (χ0v) is 17.9. The monoisotopic (exact) mass is 612 g/mol. The Kier molecular flexibility index (Phi) is 11.1. The average molecular weight is 612 g/mol. The van der Waals surface area contributed by atoms with E-state index in [1.165, 1.54) is 11.7 Å². The van der Waals surface area contributed by atoms with E-state index < -0.39 is 67.6 Å². The minimum Gasteiger partial charge on any atom is -0.459 e. The van der Waals surface area contributed by atoms with E-state index in [9.17, 15) is 79.4 Å². The summed E-state index contributed by atoms with van der Waals surface area (Å²) in [5, 5.41) is 0. The van der Waals surface area contributed by atoms with Gasteiger partial charge in [-0.3, -0.25) is 9.47 Å². The summed E-state index contributed by atoms with van der Waals surface area (Å²) in [5.41, 5.74) is 0. The maximum atomic E-state index is 14.2. The Labute approximate surface area is 198 Å². The van der Waals surface area contributed by atoms with Crippen LogP contribution in [0.1, 0.15) is 6.92 Å². The lowest BCUT2D eigenvalue weighted by molar-refractivity contribution is -0.548. The number of halogens is 17. The minimum atomic E-state index is -8.08. The van der Waals surface area contributed by atoms with Crippen molar-refractivity contribution in [1.82, 2.24) is 0 Å². The molecule has 0 saturated heterocycles. The number of carbonyl (C=O) groups excluding carboxylic acids is 1. The molecule has 0 bridgehead atoms. The van der Waals surface area contributed by atoms with E-state index in [1.807, 2.05) is 4.74 Å². The summed E-state index contributed by atoms with van der Waals surface area (Å²) < 4.78 is 237. The lowest BCUT2D eigenvalue weighted by Gasteiger charge is -2.39. The molecule has 0 aliphatic heterocycles. The molecular weight excluding hydrogens is 599 g/mol. The van der Waals surface area contributed by atoms with Crippen molar-refractivity contribution in [2.75, 3.05) is 33.0 Å². The number of hydrogen-bond donors (Lipinski definition) is 0. The van der Waals surface area contributed by atoms with E-state index in [2.05, 4.69) is 9.47 Å². The summed E-state index contributed by atoms with van der Waals surface area (Å²) in [7, 11) is 0. The number of carbonyl (C=O) groups is 1. The van der Waals surface area contributed by atoms with Gasteiger partial charge in [-0.25, -0.2) is 4.79 Å². The fourth-order valence-corrected chi connectivity index (χ4v) is 1.80. The maximum absolute atomic E-state index is 14.2. The molecule has 0 aromatic carbocycles. The molecule has 0 aromatic heterocycles. The lowest BCUT2D eigenvalue weighted by Crippen LogP contribution is -2.68. The van der Waals surface area contributed by atoms with Gasteiger partial charge < -0.3 is 14.2 Å². The van der Waals surface area contributed by atoms with Gasteiger partial charge in [0.1, 0.15) is 6.61 Å². The van der Waals surface area contributed by atoms with Gasteiger partial charge in [0.15, 0.2) is 0 Å². The molecular formula is C15H13F17O6. The third-order valence-electron chi connectivity index (χ3n) is 3.66. The summed E-state index contributed by atoms with van der Waals surface area (Å²) in [4.78, 5) is 11.4. The SMILES string of the molecule is CCOCCOCCOC(=O)C(F)(OC(F)(F)C(F)(OC(F)(F)C(F)(F)C(F)(F)F)C(F)(F)F)C(F)(F)F. The minimum absolute atomic E-state index is 0.150. The number of ether oxygens (including phenoxy) is 5. The van der Waals surface area contributed by atoms with Crippen molar-refractivity contribution in [3.8, 4) is 0 Å². The van der Waals surface area contributed by atoms with Crippen LogP contribution in [0.3, 0.4) is 0 Å². The van der Waals surface area contributed by atoms with Crippen LogP contribution in [0.2, 0.25) is 0 Å². The van der Waals surface area contributed by atoms with Crippen LogP contribution < -0.4 is 0 Å². The van der Waals surface area contributed by atoms with Crippen LogP contribution >= 0.6 is 0 Å². The smallest absolute Gasteiger partial charge is 0.459 e. The zero-order chi connectivity index (χ0) is 30.6. The molecule has 2 atom stereocenters. The molecule has 23 heteroatoms. The Bertz CT molecular complexity index is 779. The predicted octanol–water partition coefficient (Wildman–Crippen LogP) is 5.46. The third kappa shape index (κ3) is 7.61. The molecule has 0 radical (unpaired) electrons. The van der Waals surface area contributed by atoms with Gasteiger partial charge in [0, 0.05) is 6.61 Å². The molecule has 228 valence electrons. The largest absolute Gasteiger partial charge is 0.462 e. The van der Waals surface area contributed by atoms with Crippen LogP contribution in [0, 0.1) is 0 Å². The second-order valence-corrected chi connectivity index (χ2v) is 6.44. The summed E-state index contributed by atoms with van der Waals surface area (Å²) >= 11 is 0. The Morgan fingerprint density at radius 3 is 1.39 bits per heavy atom. The van der Waals surface area contributed by atoms with Crippen LogP contribution in [0.5, 0.6) is 0 Å². The van der Waals surface area contributed by atoms with Gasteiger partial charge in [0.25, 0.3) is 0 Å². The topological polar surface area (TPSA) is 63.2 Å². The highest BCUT2D eigenvalue weighted by atomic mass is 19.4. The Morgan fingerprint density at radius 1 is 0.553 bits per heavy atom. The van der Waals surface area contributed by atoms with Gasteiger partial charge >= 0.3 is 54.3 Å². The van der Waals surface area contributed by atoms with Gasteiger partial charge in [-0.05, 0) is 6.92 Å². The summed E-state index contributed by atoms with van der Waals surface area (Å²) in [6.45, 7) is -1.31. The van der Waals surface area contributed by atoms with Crippen molar-refractivity contribution >= 4 is 5.97 Å². The predicted molar refractivity (Wildman–Crippen MR) is 81.1 cm³/mol. The summed E-state index contributed by atoms with van der Waals surface area (Å²) in [6.07, 6.45) is -38.7. The first-order valence-corrected chi connectivity index (χ1v) is 9.09. The first-order valence-electron chi connectivity index (χ1n) is 9.09. The Balaban J connectivity index is 6.22. The first-order chi connectivity index (χ1) is 16.6. The fraction of sp³-hybridized carbons (Fsp3) is 0.933. The molecule has 0 aliphatic carbocycles. The van der Waals surface area contributed by atoms with Crippen molar-refractivity contribution in [1.29, 1.82) is 0 Å². The van der Waals surface area contributed by atoms with Gasteiger partial charge in [0.05, 0.1) is 19.8 Å². The highest BCUT2D eigenvalue weighted by Gasteiger charge is 2.85. The third-order valence-corrected chi connectivity index (χ3v) is 3.66. The van der Waals surface area contributed by atoms with E-state index in [0.29, 0.717) is 0 Å². The quantitative estimate of drug-likeness (QED) is 0.148. The van der Waals surface area contributed by atoms with Crippen molar-refractivity contribution in [2.45, 2.75) is 55.3 Å². The van der Waals surface area contributed by atoms with Crippen LogP contribution in [-0.4, -0.2) is 87.4 Å². The van der Waals surface area contributed by atoms with Crippen LogP contribution in [0.25, 0.3) is 0 Å². The van der Waals surface area contributed by atoms with Crippen molar-refractivity contribution in [2.24, 2.45) is 0 Å². The molecule has 2 unspecified atom stereocenters. The van der Waals surface area contributed by atoms with Crippen LogP contribution in [-0.2, 0) is 28.5 Å². The number of esters is 1. The molecule has 0 heterocycles. The molecule has 0 rings (SSSR count). The number of hydrogen-bond acceptors (Lipinski definition) is 6. The zero-order valence-electron chi connectivity index (χ0n) is 17.9. The number of alkyl halides is 17. The molecule has 0 saturated carbocycles. The van der Waals surface area contributed by atoms with E-state index in [0.717, 1.165) is 0 Å². The lowest BCUT2D eigenvalue weighted by atomic mass is 10.2. The molecule has 0 aliphatic rings. The molecule has 6 nitrogen and oxygen atoms in total. The van der Waals surface area contributed by atoms with Crippen molar-refractivity contribution < 1.29 is 103 Å². The second kappa shape index (κ2) is 11.7. The number of rotatable bonds is 14. The second-order valence-electron chi connectivity index (χ2n) is 6.44. The van der Waals surface area contributed by atoms with E-state index in [1.54, 1.807) is 0 Å². The van der Waals surface area contributed by atoms with E-state index in [4.69, 9.17) is 4.74 Å². The van der Waals surface area contributed by atoms with Gasteiger partial charge in [0.2, 0.25) is 0 Å². The van der Waals surface area contributed by atoms with Crippen molar-refractivity contribution in [3.63, 3.8) is 0 Å². The fourth-order valence-electron chi connectivity index (χ4n) is 1.80. The van der Waals surface area contributed by atoms with Crippen molar-refractivity contribution in [3.05, 3.63) is 0 Å². The van der Waals surface area contributed by atoms with E-state index >= 15 is 0 Å². The van der Waals surface area contributed by atoms with Gasteiger partial charge in [-0.1, -0.05) is 0 Å². The molecule has 0 N–H and O–H groups in total. The highest BCUT2D eigenvalue weighted by molar-refractivity contribution is 5.78. The molecule has 38 heavy (non-hydrogen) atoms. The molecule has 0 spiro atoms. The molecule has 0 aromatic rings. The molecule has 0 fully saturated rings. The summed E-state index contributed by atoms with van der Waals surface area (Å²) in [6, 6.07) is 0.